The van der Waals surface area contributed by atoms with E-state index in [4.69, 9.17) is 5.26 Å². The van der Waals surface area contributed by atoms with Crippen LogP contribution in [0.1, 0.15) is 5.56 Å². The van der Waals surface area contributed by atoms with Gasteiger partial charge in [0.25, 0.3) is 0 Å². The highest BCUT2D eigenvalue weighted by Gasteiger charge is 2.21. The van der Waals surface area contributed by atoms with E-state index in [1.165, 1.54) is 13.1 Å². The Labute approximate surface area is 116 Å². The van der Waals surface area contributed by atoms with Crippen LogP contribution in [0.4, 0.5) is 4.39 Å². The Morgan fingerprint density at radius 3 is 2.50 bits per heavy atom. The summed E-state index contributed by atoms with van der Waals surface area (Å²) in [5.74, 6) is -1.43. The Kier molecular flexibility index (Phi) is 5.18. The molecule has 0 unspecified atom stereocenters. The Balaban J connectivity index is 2.97. The summed E-state index contributed by atoms with van der Waals surface area (Å²) in [6.07, 6.45) is 0. The van der Waals surface area contributed by atoms with Crippen LogP contribution in [0.15, 0.2) is 23.1 Å². The predicted octanol–water partition coefficient (Wildman–Crippen LogP) is -0.475. The van der Waals surface area contributed by atoms with Crippen LogP contribution in [0.5, 0.6) is 0 Å². The fraction of sp³-hybridized carbons (Fsp3) is 0.300. The van der Waals surface area contributed by atoms with Crippen molar-refractivity contribution in [2.24, 2.45) is 0 Å². The van der Waals surface area contributed by atoms with Crippen molar-refractivity contribution in [1.82, 2.24) is 9.44 Å². The first-order valence-electron chi connectivity index (χ1n) is 5.33. The van der Waals surface area contributed by atoms with E-state index in [1.807, 2.05) is 9.44 Å². The molecule has 110 valence electrons. The van der Waals surface area contributed by atoms with Gasteiger partial charge in [-0.15, -0.1) is 0 Å². The van der Waals surface area contributed by atoms with Gasteiger partial charge in [0.1, 0.15) is 22.3 Å². The molecule has 1 aromatic carbocycles. The molecular weight excluding hydrogens is 309 g/mol. The summed E-state index contributed by atoms with van der Waals surface area (Å²) in [4.78, 5) is -0.526. The molecule has 0 saturated carbocycles. The molecule has 0 fully saturated rings. The predicted molar refractivity (Wildman–Crippen MR) is 69.2 cm³/mol. The highest BCUT2D eigenvalue weighted by atomic mass is 32.2. The number of sulfonamides is 2. The smallest absolute Gasteiger partial charge is 0.218 e. The van der Waals surface area contributed by atoms with Crippen LogP contribution in [0, 0.1) is 17.1 Å². The highest BCUT2D eigenvalue weighted by molar-refractivity contribution is 7.90. The topological polar surface area (TPSA) is 116 Å². The van der Waals surface area contributed by atoms with Crippen LogP contribution in [0.2, 0.25) is 0 Å². The average Bonchev–Trinajstić information content (AvgIpc) is 2.38. The third-order valence-electron chi connectivity index (χ3n) is 2.35. The highest BCUT2D eigenvalue weighted by Crippen LogP contribution is 2.17. The molecule has 1 rings (SSSR count). The zero-order chi connectivity index (χ0) is 15.4. The number of nitriles is 1. The normalized spacial score (nSPS) is 12.1. The molecule has 0 aliphatic carbocycles. The van der Waals surface area contributed by atoms with Crippen molar-refractivity contribution in [2.45, 2.75) is 4.90 Å². The fourth-order valence-electron chi connectivity index (χ4n) is 1.33. The van der Waals surface area contributed by atoms with Gasteiger partial charge in [0.15, 0.2) is 0 Å². The van der Waals surface area contributed by atoms with Crippen molar-refractivity contribution < 1.29 is 21.2 Å². The molecule has 0 radical (unpaired) electrons. The lowest BCUT2D eigenvalue weighted by Crippen LogP contribution is -2.33. The Morgan fingerprint density at radius 1 is 1.30 bits per heavy atom. The molecule has 10 heteroatoms. The van der Waals surface area contributed by atoms with Crippen molar-refractivity contribution >= 4 is 20.0 Å². The van der Waals surface area contributed by atoms with E-state index in [0.717, 1.165) is 18.2 Å². The molecular formula is C10H12FN3O4S2. The maximum absolute atomic E-state index is 13.3. The number of nitrogens with zero attached hydrogens (tertiary/aromatic N) is 1. The molecule has 20 heavy (non-hydrogen) atoms. The van der Waals surface area contributed by atoms with Gasteiger partial charge in [-0.05, 0) is 19.2 Å². The van der Waals surface area contributed by atoms with Crippen molar-refractivity contribution in [1.29, 1.82) is 5.26 Å². The maximum atomic E-state index is 13.3. The van der Waals surface area contributed by atoms with Gasteiger partial charge in [0.2, 0.25) is 20.0 Å². The second-order valence-corrected chi connectivity index (χ2v) is 7.43. The first-order chi connectivity index (χ1) is 9.23. The van der Waals surface area contributed by atoms with Crippen molar-refractivity contribution in [3.05, 3.63) is 29.6 Å². The van der Waals surface area contributed by atoms with Crippen LogP contribution in [0.3, 0.4) is 0 Å². The SMILES string of the molecule is CNS(=O)(=O)CCNS(=O)(=O)c1cccc(F)c1C#N. The molecule has 0 saturated heterocycles. The summed E-state index contributed by atoms with van der Waals surface area (Å²) < 4.78 is 63.4. The Morgan fingerprint density at radius 2 is 1.95 bits per heavy atom. The van der Waals surface area contributed by atoms with Crippen molar-refractivity contribution in [3.8, 4) is 6.07 Å². The molecule has 0 bridgehead atoms. The minimum absolute atomic E-state index is 0.396. The second kappa shape index (κ2) is 6.27. The number of halogens is 1. The van der Waals surface area contributed by atoms with E-state index < -0.39 is 48.6 Å². The van der Waals surface area contributed by atoms with Crippen LogP contribution >= 0.6 is 0 Å². The molecule has 0 spiro atoms. The van der Waals surface area contributed by atoms with E-state index in [9.17, 15) is 21.2 Å². The average molecular weight is 321 g/mol. The van der Waals surface area contributed by atoms with Crippen LogP contribution < -0.4 is 9.44 Å². The quantitative estimate of drug-likeness (QED) is 0.734. The number of hydrogen-bond acceptors (Lipinski definition) is 5. The summed E-state index contributed by atoms with van der Waals surface area (Å²) >= 11 is 0. The monoisotopic (exact) mass is 321 g/mol. The van der Waals surface area contributed by atoms with Gasteiger partial charge >= 0.3 is 0 Å². The van der Waals surface area contributed by atoms with Gasteiger partial charge in [0.05, 0.1) is 5.75 Å². The Hall–Kier alpha value is -1.54. The van der Waals surface area contributed by atoms with Gasteiger partial charge in [-0.2, -0.15) is 5.26 Å². The molecule has 1 aromatic rings. The van der Waals surface area contributed by atoms with Gasteiger partial charge in [-0.25, -0.2) is 30.7 Å². The van der Waals surface area contributed by atoms with E-state index >= 15 is 0 Å². The minimum Gasteiger partial charge on any atom is -0.218 e. The van der Waals surface area contributed by atoms with E-state index in [2.05, 4.69) is 0 Å². The lowest BCUT2D eigenvalue weighted by Gasteiger charge is -2.08. The van der Waals surface area contributed by atoms with E-state index in [-0.39, 0.29) is 0 Å². The van der Waals surface area contributed by atoms with E-state index in [0.29, 0.717) is 0 Å². The molecule has 0 aliphatic heterocycles. The molecule has 2 N–H and O–H groups in total. The summed E-state index contributed by atoms with van der Waals surface area (Å²) in [7, 11) is -6.53. The minimum atomic E-state index is -4.16. The van der Waals surface area contributed by atoms with Crippen LogP contribution in [0.25, 0.3) is 0 Å². The number of hydrogen-bond donors (Lipinski definition) is 2. The third-order valence-corrected chi connectivity index (χ3v) is 5.22. The van der Waals surface area contributed by atoms with E-state index in [1.54, 1.807) is 0 Å². The zero-order valence-corrected chi connectivity index (χ0v) is 12.1. The van der Waals surface area contributed by atoms with Crippen LogP contribution in [-0.2, 0) is 20.0 Å². The maximum Gasteiger partial charge on any atom is 0.242 e. The molecule has 0 amide bonds. The fourth-order valence-corrected chi connectivity index (χ4v) is 3.23. The van der Waals surface area contributed by atoms with Crippen molar-refractivity contribution in [2.75, 3.05) is 19.3 Å². The summed E-state index contributed by atoms with van der Waals surface area (Å²) in [6.45, 7) is -0.396. The number of benzene rings is 1. The molecule has 0 heterocycles. The first-order valence-corrected chi connectivity index (χ1v) is 8.46. The van der Waals surface area contributed by atoms with Crippen molar-refractivity contribution in [3.63, 3.8) is 0 Å². The van der Waals surface area contributed by atoms with Gasteiger partial charge < -0.3 is 0 Å². The van der Waals surface area contributed by atoms with Gasteiger partial charge in [0, 0.05) is 6.54 Å². The third kappa shape index (κ3) is 3.97. The second-order valence-electron chi connectivity index (χ2n) is 3.65. The first kappa shape index (κ1) is 16.5. The molecule has 7 nitrogen and oxygen atoms in total. The zero-order valence-electron chi connectivity index (χ0n) is 10.4. The molecule has 0 aliphatic rings. The summed E-state index contributed by atoms with van der Waals surface area (Å²) in [6, 6.07) is 4.64. The number of nitrogens with one attached hydrogen (secondary N) is 2. The largest absolute Gasteiger partial charge is 0.242 e. The van der Waals surface area contributed by atoms with Gasteiger partial charge in [-0.1, -0.05) is 6.07 Å². The van der Waals surface area contributed by atoms with Gasteiger partial charge in [-0.3, -0.25) is 0 Å². The summed E-state index contributed by atoms with van der Waals surface area (Å²) in [5, 5.41) is 8.77. The molecule has 0 aromatic heterocycles. The lowest BCUT2D eigenvalue weighted by molar-refractivity contribution is 0.575. The summed E-state index contributed by atoms with van der Waals surface area (Å²) in [5.41, 5.74) is -0.614. The molecule has 0 atom stereocenters. The lowest BCUT2D eigenvalue weighted by atomic mass is 10.2. The standard InChI is InChI=1S/C10H12FN3O4S2/c1-13-19(15,16)6-5-14-20(17,18)10-4-2-3-9(11)8(10)7-12/h2-4,13-14H,5-6H2,1H3. The Bertz CT molecular complexity index is 738. The van der Waals surface area contributed by atoms with Crippen LogP contribution in [-0.4, -0.2) is 36.2 Å². The number of rotatable bonds is 6.